The molecule has 118 valence electrons. The Kier molecular flexibility index (Phi) is 6.66. The Hall–Kier alpha value is -1.58. The molecule has 0 aliphatic heterocycles. The number of amides is 1. The van der Waals surface area contributed by atoms with Gasteiger partial charge in [0, 0.05) is 5.54 Å². The Morgan fingerprint density at radius 2 is 2.10 bits per heavy atom. The fraction of sp³-hybridized carbons (Fsp3) is 0.647. The number of hydrogen-bond donors (Lipinski definition) is 1. The van der Waals surface area contributed by atoms with Crippen molar-refractivity contribution < 1.29 is 9.36 Å². The van der Waals surface area contributed by atoms with Crippen LogP contribution in [-0.4, -0.2) is 16.0 Å². The molecule has 0 aliphatic carbocycles. The third kappa shape index (κ3) is 4.19. The Balaban J connectivity index is 2.97. The van der Waals surface area contributed by atoms with Crippen molar-refractivity contribution in [3.05, 3.63) is 30.9 Å². The van der Waals surface area contributed by atoms with Crippen LogP contribution in [0.3, 0.4) is 0 Å². The molecule has 0 saturated heterocycles. The van der Waals surface area contributed by atoms with Crippen molar-refractivity contribution in [3.8, 4) is 0 Å². The molecule has 0 aliphatic rings. The summed E-state index contributed by atoms with van der Waals surface area (Å²) in [7, 11) is 1.92. The van der Waals surface area contributed by atoms with Gasteiger partial charge in [-0.3, -0.25) is 4.79 Å². The molecule has 1 aromatic heterocycles. The van der Waals surface area contributed by atoms with E-state index in [1.54, 1.807) is 0 Å². The number of carbonyl (C=O) groups is 1. The number of nitrogens with one attached hydrogen (secondary N) is 1. The lowest BCUT2D eigenvalue weighted by Crippen LogP contribution is -2.51. The van der Waals surface area contributed by atoms with E-state index in [0.717, 1.165) is 44.5 Å². The number of hydrogen-bond acceptors (Lipinski definition) is 1. The summed E-state index contributed by atoms with van der Waals surface area (Å²) in [5, 5.41) is 3.24. The molecule has 4 nitrogen and oxygen atoms in total. The van der Waals surface area contributed by atoms with Gasteiger partial charge in [0.2, 0.25) is 0 Å². The molecule has 0 saturated carbocycles. The van der Waals surface area contributed by atoms with Crippen LogP contribution in [0, 0.1) is 0 Å². The second kappa shape index (κ2) is 8.01. The second-order valence-electron chi connectivity index (χ2n) is 5.71. The van der Waals surface area contributed by atoms with E-state index in [4.69, 9.17) is 0 Å². The lowest BCUT2D eigenvalue weighted by Gasteiger charge is -2.31. The molecule has 0 radical (unpaired) electrons. The topological polar surface area (TPSA) is 37.9 Å². The average molecular weight is 292 g/mol. The first-order valence-corrected chi connectivity index (χ1v) is 8.01. The highest BCUT2D eigenvalue weighted by molar-refractivity contribution is 5.90. The van der Waals surface area contributed by atoms with Crippen molar-refractivity contribution in [2.24, 2.45) is 7.05 Å². The van der Waals surface area contributed by atoms with Gasteiger partial charge in [-0.2, -0.15) is 0 Å². The number of aryl methyl sites for hydroxylation is 2. The smallest absolute Gasteiger partial charge is 0.340 e. The van der Waals surface area contributed by atoms with Gasteiger partial charge >= 0.3 is 11.7 Å². The van der Waals surface area contributed by atoms with Crippen molar-refractivity contribution in [1.29, 1.82) is 0 Å². The van der Waals surface area contributed by atoms with Gasteiger partial charge < -0.3 is 5.32 Å². The van der Waals surface area contributed by atoms with E-state index < -0.39 is 0 Å². The van der Waals surface area contributed by atoms with E-state index in [1.165, 1.54) is 0 Å². The van der Waals surface area contributed by atoms with Crippen LogP contribution in [0.1, 0.15) is 63.5 Å². The molecule has 1 heterocycles. The monoisotopic (exact) mass is 292 g/mol. The van der Waals surface area contributed by atoms with E-state index in [1.807, 2.05) is 34.7 Å². The molecule has 1 N–H and O–H groups in total. The van der Waals surface area contributed by atoms with Crippen LogP contribution in [-0.2, 0) is 13.6 Å². The van der Waals surface area contributed by atoms with Gasteiger partial charge in [0.15, 0.2) is 0 Å². The van der Waals surface area contributed by atoms with Gasteiger partial charge in [-0.15, -0.1) is 6.58 Å². The van der Waals surface area contributed by atoms with Crippen molar-refractivity contribution in [2.45, 2.75) is 65.0 Å². The predicted molar refractivity (Wildman–Crippen MR) is 86.1 cm³/mol. The molecule has 4 heteroatoms. The van der Waals surface area contributed by atoms with Crippen LogP contribution in [0.2, 0.25) is 0 Å². The number of carbonyl (C=O) groups excluding carboxylic acids is 1. The third-order valence-corrected chi connectivity index (χ3v) is 4.30. The van der Waals surface area contributed by atoms with Gasteiger partial charge in [-0.1, -0.05) is 33.3 Å². The minimum absolute atomic E-state index is 0.00385. The largest absolute Gasteiger partial charge is 0.347 e. The first-order valence-electron chi connectivity index (χ1n) is 8.01. The summed E-state index contributed by atoms with van der Waals surface area (Å²) < 4.78 is 3.94. The molecular formula is C17H30N3O+. The molecule has 0 atom stereocenters. The summed E-state index contributed by atoms with van der Waals surface area (Å²) in [6, 6.07) is 0. The standard InChI is InChI=1S/C17H29N3O/c1-6-10-12-20-14-13-19(5)16(20)15(21)18-17(8-3,9-4)11-7-2/h7,13-14H,2,6,8-12H2,1,3-5H3/p+1. The Labute approximate surface area is 128 Å². The van der Waals surface area contributed by atoms with E-state index in [0.29, 0.717) is 0 Å². The molecule has 0 bridgehead atoms. The summed E-state index contributed by atoms with van der Waals surface area (Å²) in [6.07, 6.45) is 10.6. The average Bonchev–Trinajstić information content (AvgIpc) is 2.85. The number of nitrogens with zero attached hydrogens (tertiary/aromatic N) is 2. The van der Waals surface area contributed by atoms with Gasteiger partial charge in [0.05, 0.1) is 13.6 Å². The molecule has 0 aromatic carbocycles. The molecule has 0 unspecified atom stereocenters. The van der Waals surface area contributed by atoms with E-state index >= 15 is 0 Å². The molecule has 0 fully saturated rings. The summed E-state index contributed by atoms with van der Waals surface area (Å²) in [5.41, 5.74) is -0.189. The van der Waals surface area contributed by atoms with E-state index in [-0.39, 0.29) is 11.4 Å². The first-order chi connectivity index (χ1) is 10.0. The fourth-order valence-electron chi connectivity index (χ4n) is 2.66. The molecular weight excluding hydrogens is 262 g/mol. The maximum absolute atomic E-state index is 12.7. The SMILES string of the molecule is C=CCC(CC)(CC)NC(=O)c1n(CCCC)cc[n+]1C. The molecule has 0 spiro atoms. The normalized spacial score (nSPS) is 11.4. The molecule has 21 heavy (non-hydrogen) atoms. The fourth-order valence-corrected chi connectivity index (χ4v) is 2.66. The minimum atomic E-state index is -0.189. The summed E-state index contributed by atoms with van der Waals surface area (Å²) in [5.74, 6) is 0.725. The number of aromatic nitrogens is 2. The Morgan fingerprint density at radius 1 is 1.43 bits per heavy atom. The van der Waals surface area contributed by atoms with Gasteiger partial charge in [-0.05, 0) is 25.7 Å². The minimum Gasteiger partial charge on any atom is -0.340 e. The van der Waals surface area contributed by atoms with Crippen LogP contribution in [0.5, 0.6) is 0 Å². The quantitative estimate of drug-likeness (QED) is 0.551. The second-order valence-corrected chi connectivity index (χ2v) is 5.71. The predicted octanol–water partition coefficient (Wildman–Crippen LogP) is 2.98. The van der Waals surface area contributed by atoms with Crippen molar-refractivity contribution in [3.63, 3.8) is 0 Å². The van der Waals surface area contributed by atoms with Crippen molar-refractivity contribution >= 4 is 5.91 Å². The van der Waals surface area contributed by atoms with Crippen LogP contribution in [0.25, 0.3) is 0 Å². The maximum Gasteiger partial charge on any atom is 0.347 e. The summed E-state index contributed by atoms with van der Waals surface area (Å²) >= 11 is 0. The van der Waals surface area contributed by atoms with Crippen LogP contribution >= 0.6 is 0 Å². The molecule has 1 rings (SSSR count). The number of imidazole rings is 1. The molecule has 1 amide bonds. The van der Waals surface area contributed by atoms with Gasteiger partial charge in [0.25, 0.3) is 0 Å². The zero-order valence-electron chi connectivity index (χ0n) is 14.0. The third-order valence-electron chi connectivity index (χ3n) is 4.30. The van der Waals surface area contributed by atoms with Crippen LogP contribution in [0.4, 0.5) is 0 Å². The van der Waals surface area contributed by atoms with Gasteiger partial charge in [-0.25, -0.2) is 9.13 Å². The Morgan fingerprint density at radius 3 is 2.62 bits per heavy atom. The number of rotatable bonds is 9. The van der Waals surface area contributed by atoms with E-state index in [9.17, 15) is 4.79 Å². The maximum atomic E-state index is 12.7. The number of unbranched alkanes of at least 4 members (excludes halogenated alkanes) is 1. The highest BCUT2D eigenvalue weighted by Crippen LogP contribution is 2.20. The van der Waals surface area contributed by atoms with Crippen LogP contribution < -0.4 is 9.88 Å². The molecule has 1 aromatic rings. The summed E-state index contributed by atoms with van der Waals surface area (Å²) in [4.78, 5) is 12.7. The lowest BCUT2D eigenvalue weighted by molar-refractivity contribution is -0.673. The highest BCUT2D eigenvalue weighted by atomic mass is 16.2. The summed E-state index contributed by atoms with van der Waals surface area (Å²) in [6.45, 7) is 11.1. The van der Waals surface area contributed by atoms with Crippen molar-refractivity contribution in [1.82, 2.24) is 9.88 Å². The lowest BCUT2D eigenvalue weighted by atomic mass is 9.89. The highest BCUT2D eigenvalue weighted by Gasteiger charge is 2.32. The Bertz CT molecular complexity index is 472. The van der Waals surface area contributed by atoms with Crippen LogP contribution in [0.15, 0.2) is 25.0 Å². The van der Waals surface area contributed by atoms with Gasteiger partial charge in [0.1, 0.15) is 12.4 Å². The first kappa shape index (κ1) is 17.5. The van der Waals surface area contributed by atoms with E-state index in [2.05, 4.69) is 32.7 Å². The van der Waals surface area contributed by atoms with Crippen molar-refractivity contribution in [2.75, 3.05) is 0 Å². The zero-order valence-corrected chi connectivity index (χ0v) is 14.0. The zero-order chi connectivity index (χ0) is 15.9.